The van der Waals surface area contributed by atoms with Gasteiger partial charge >= 0.3 is 0 Å². The maximum absolute atomic E-state index is 4.61. The molecule has 0 atom stereocenters. The highest BCUT2D eigenvalue weighted by molar-refractivity contribution is 6.13. The molecule has 0 saturated carbocycles. The lowest BCUT2D eigenvalue weighted by Crippen LogP contribution is -1.99. The summed E-state index contributed by atoms with van der Waals surface area (Å²) in [4.78, 5) is 4.61. The van der Waals surface area contributed by atoms with Crippen LogP contribution < -0.4 is 5.43 Å². The second kappa shape index (κ2) is 6.25. The maximum Gasteiger partial charge on any atom is 0.224 e. The van der Waals surface area contributed by atoms with Crippen LogP contribution in [0.5, 0.6) is 0 Å². The van der Waals surface area contributed by atoms with Gasteiger partial charge in [0, 0.05) is 12.6 Å². The Morgan fingerprint density at radius 1 is 0.852 bits per heavy atom. The van der Waals surface area contributed by atoms with Crippen molar-refractivity contribution in [3.05, 3.63) is 84.4 Å². The van der Waals surface area contributed by atoms with Crippen molar-refractivity contribution >= 4 is 44.7 Å². The van der Waals surface area contributed by atoms with Gasteiger partial charge in [0.2, 0.25) is 5.95 Å². The van der Waals surface area contributed by atoms with Crippen LogP contribution in [0.25, 0.3) is 32.6 Å². The highest BCUT2D eigenvalue weighted by Crippen LogP contribution is 2.27. The first kappa shape index (κ1) is 15.6. The van der Waals surface area contributed by atoms with Crippen LogP contribution in [0, 0.1) is 0 Å². The zero-order valence-corrected chi connectivity index (χ0v) is 14.9. The molecule has 0 aliphatic heterocycles. The fraction of sp³-hybridized carbons (Fsp3) is 0.0435. The number of para-hydroxylation sites is 2. The van der Waals surface area contributed by atoms with Gasteiger partial charge in [-0.25, -0.2) is 10.4 Å². The molecule has 0 saturated heterocycles. The number of fused-ring (bicyclic) bond motifs is 3. The van der Waals surface area contributed by atoms with Gasteiger partial charge in [-0.3, -0.25) is 0 Å². The zero-order chi connectivity index (χ0) is 18.2. The number of nitrogens with zero attached hydrogens (tertiary/aromatic N) is 3. The molecule has 0 unspecified atom stereocenters. The minimum absolute atomic E-state index is 0.719. The molecule has 0 radical (unpaired) electrons. The molecule has 0 spiro atoms. The monoisotopic (exact) mass is 350 g/mol. The third-order valence-electron chi connectivity index (χ3n) is 4.96. The average Bonchev–Trinajstić information content (AvgIpc) is 3.03. The summed E-state index contributed by atoms with van der Waals surface area (Å²) in [5.74, 6) is 0.719. The van der Waals surface area contributed by atoms with Gasteiger partial charge in [-0.2, -0.15) is 5.10 Å². The van der Waals surface area contributed by atoms with E-state index < -0.39 is 0 Å². The normalized spacial score (nSPS) is 11.7. The Balaban J connectivity index is 1.59. The molecule has 27 heavy (non-hydrogen) atoms. The number of hydrogen-bond acceptors (Lipinski definition) is 3. The van der Waals surface area contributed by atoms with Gasteiger partial charge in [0.05, 0.1) is 17.2 Å². The molecule has 0 bridgehead atoms. The second-order valence-corrected chi connectivity index (χ2v) is 6.59. The summed E-state index contributed by atoms with van der Waals surface area (Å²) >= 11 is 0. The minimum Gasteiger partial charge on any atom is -0.312 e. The van der Waals surface area contributed by atoms with Crippen molar-refractivity contribution in [2.45, 2.75) is 0 Å². The molecule has 1 N–H and O–H groups in total. The Morgan fingerprint density at radius 3 is 2.19 bits per heavy atom. The summed E-state index contributed by atoms with van der Waals surface area (Å²) in [6.07, 6.45) is 1.89. The average molecular weight is 350 g/mol. The molecule has 0 aliphatic rings. The van der Waals surface area contributed by atoms with Crippen LogP contribution in [0.15, 0.2) is 84.0 Å². The third-order valence-corrected chi connectivity index (χ3v) is 4.96. The van der Waals surface area contributed by atoms with Crippen LogP contribution in [-0.2, 0) is 7.05 Å². The number of nitrogens with one attached hydrogen (secondary N) is 1. The smallest absolute Gasteiger partial charge is 0.224 e. The van der Waals surface area contributed by atoms with Gasteiger partial charge in [0.1, 0.15) is 0 Å². The van der Waals surface area contributed by atoms with Crippen LogP contribution in [0.3, 0.4) is 0 Å². The van der Waals surface area contributed by atoms with Crippen LogP contribution in [0.1, 0.15) is 5.56 Å². The molecule has 130 valence electrons. The van der Waals surface area contributed by atoms with E-state index in [-0.39, 0.29) is 0 Å². The lowest BCUT2D eigenvalue weighted by atomic mass is 9.97. The topological polar surface area (TPSA) is 42.2 Å². The number of aromatic nitrogens is 2. The molecule has 0 fully saturated rings. The van der Waals surface area contributed by atoms with Crippen LogP contribution in [0.4, 0.5) is 5.95 Å². The summed E-state index contributed by atoms with van der Waals surface area (Å²) in [6.45, 7) is 0. The standard InChI is InChI=1S/C23H18N4/c1-27-22-13-7-6-12-21(22)25-23(27)26-24-15-20-18-10-4-2-8-16(18)14-17-9-3-5-11-19(17)20/h2-15H,1H3,(H,25,26)/b24-15-. The van der Waals surface area contributed by atoms with Crippen molar-refractivity contribution in [3.63, 3.8) is 0 Å². The van der Waals surface area contributed by atoms with Crippen LogP contribution >= 0.6 is 0 Å². The lowest BCUT2D eigenvalue weighted by molar-refractivity contribution is 0.943. The van der Waals surface area contributed by atoms with E-state index in [1.165, 1.54) is 21.5 Å². The number of hydrogen-bond donors (Lipinski definition) is 1. The van der Waals surface area contributed by atoms with E-state index >= 15 is 0 Å². The molecule has 4 heteroatoms. The largest absolute Gasteiger partial charge is 0.312 e. The SMILES string of the molecule is Cn1c(N/N=C\c2c3ccccc3cc3ccccc23)nc2ccccc21. The second-order valence-electron chi connectivity index (χ2n) is 6.59. The van der Waals surface area contributed by atoms with Crippen LogP contribution in [-0.4, -0.2) is 15.8 Å². The summed E-state index contributed by atoms with van der Waals surface area (Å²) < 4.78 is 2.01. The van der Waals surface area contributed by atoms with Gasteiger partial charge in [-0.05, 0) is 39.7 Å². The van der Waals surface area contributed by atoms with Gasteiger partial charge in [0.25, 0.3) is 0 Å². The van der Waals surface area contributed by atoms with Gasteiger partial charge in [-0.15, -0.1) is 0 Å². The number of rotatable bonds is 3. The predicted molar refractivity (Wildman–Crippen MR) is 113 cm³/mol. The number of anilines is 1. The summed E-state index contributed by atoms with van der Waals surface area (Å²) in [5, 5.41) is 9.30. The molecule has 1 aromatic heterocycles. The van der Waals surface area contributed by atoms with Gasteiger partial charge in [-0.1, -0.05) is 60.7 Å². The fourth-order valence-corrected chi connectivity index (χ4v) is 3.59. The van der Waals surface area contributed by atoms with Crippen molar-refractivity contribution in [1.82, 2.24) is 9.55 Å². The molecule has 5 aromatic rings. The van der Waals surface area contributed by atoms with E-state index in [1.807, 2.05) is 36.0 Å². The third kappa shape index (κ3) is 2.62. The molecule has 5 rings (SSSR count). The van der Waals surface area contributed by atoms with Crippen LogP contribution in [0.2, 0.25) is 0 Å². The molecule has 1 heterocycles. The first-order valence-electron chi connectivity index (χ1n) is 8.92. The number of hydrazone groups is 1. The Hall–Kier alpha value is -3.66. The highest BCUT2D eigenvalue weighted by Gasteiger charge is 2.07. The number of aryl methyl sites for hydroxylation is 1. The molecule has 4 nitrogen and oxygen atoms in total. The molecule has 4 aromatic carbocycles. The fourth-order valence-electron chi connectivity index (χ4n) is 3.59. The van der Waals surface area contributed by atoms with Crippen molar-refractivity contribution in [2.75, 3.05) is 5.43 Å². The van der Waals surface area contributed by atoms with Crippen molar-refractivity contribution in [2.24, 2.45) is 12.1 Å². The predicted octanol–water partition coefficient (Wildman–Crippen LogP) is 5.33. The Bertz CT molecular complexity index is 1260. The maximum atomic E-state index is 4.61. The van der Waals surface area contributed by atoms with E-state index in [2.05, 4.69) is 76.2 Å². The zero-order valence-electron chi connectivity index (χ0n) is 14.9. The lowest BCUT2D eigenvalue weighted by Gasteiger charge is -2.08. The minimum atomic E-state index is 0.719. The Labute approximate surface area is 156 Å². The summed E-state index contributed by atoms with van der Waals surface area (Å²) in [7, 11) is 1.99. The van der Waals surface area contributed by atoms with E-state index in [1.54, 1.807) is 0 Å². The van der Waals surface area contributed by atoms with E-state index in [0.717, 1.165) is 22.5 Å². The first-order chi connectivity index (χ1) is 13.3. The van der Waals surface area contributed by atoms with Gasteiger partial charge < -0.3 is 4.57 Å². The number of imidazole rings is 1. The van der Waals surface area contributed by atoms with Crippen molar-refractivity contribution in [1.29, 1.82) is 0 Å². The van der Waals surface area contributed by atoms with Gasteiger partial charge in [0.15, 0.2) is 0 Å². The van der Waals surface area contributed by atoms with Crippen molar-refractivity contribution in [3.8, 4) is 0 Å². The quantitative estimate of drug-likeness (QED) is 0.272. The van der Waals surface area contributed by atoms with E-state index in [9.17, 15) is 0 Å². The molecular formula is C23H18N4. The number of benzene rings is 4. The van der Waals surface area contributed by atoms with E-state index in [4.69, 9.17) is 0 Å². The van der Waals surface area contributed by atoms with E-state index in [0.29, 0.717) is 0 Å². The first-order valence-corrected chi connectivity index (χ1v) is 8.92. The Morgan fingerprint density at radius 2 is 1.48 bits per heavy atom. The summed E-state index contributed by atoms with van der Waals surface area (Å²) in [6, 6.07) is 27.1. The van der Waals surface area contributed by atoms with Crippen molar-refractivity contribution < 1.29 is 0 Å². The summed E-state index contributed by atoms with van der Waals surface area (Å²) in [5.41, 5.74) is 6.23. The molecule has 0 aliphatic carbocycles. The highest BCUT2D eigenvalue weighted by atomic mass is 15.4. The molecule has 0 amide bonds. The Kier molecular flexibility index (Phi) is 3.61. The molecular weight excluding hydrogens is 332 g/mol.